The molecule has 0 saturated heterocycles. The van der Waals surface area contributed by atoms with Crippen molar-refractivity contribution in [2.45, 2.75) is 34.2 Å². The Bertz CT molecular complexity index is 1010. The van der Waals surface area contributed by atoms with Gasteiger partial charge in [-0.05, 0) is 50.5 Å². The Hall–Kier alpha value is -3.01. The topological polar surface area (TPSA) is 51.5 Å². The minimum absolute atomic E-state index is 0.129. The Morgan fingerprint density at radius 1 is 1.15 bits per heavy atom. The molecule has 0 radical (unpaired) electrons. The summed E-state index contributed by atoms with van der Waals surface area (Å²) in [7, 11) is 1.62. The lowest BCUT2D eigenvalue weighted by molar-refractivity contribution is -0.116. The monoisotopic (exact) mass is 363 g/mol. The van der Waals surface area contributed by atoms with Crippen LogP contribution in [0, 0.1) is 20.8 Å². The second-order valence-electron chi connectivity index (χ2n) is 6.86. The van der Waals surface area contributed by atoms with E-state index in [1.807, 2.05) is 64.1 Å². The first-order valence-electron chi connectivity index (χ1n) is 8.99. The van der Waals surface area contributed by atoms with E-state index in [0.29, 0.717) is 12.3 Å². The van der Waals surface area contributed by atoms with E-state index in [0.717, 1.165) is 39.0 Å². The molecule has 3 aromatic rings. The number of furan rings is 1. The molecular formula is C23H25NO3. The number of aryl methyl sites for hydroxylation is 3. The van der Waals surface area contributed by atoms with Crippen molar-refractivity contribution in [3.63, 3.8) is 0 Å². The molecule has 0 aliphatic rings. The van der Waals surface area contributed by atoms with Crippen molar-refractivity contribution in [2.75, 3.05) is 7.11 Å². The van der Waals surface area contributed by atoms with E-state index in [-0.39, 0.29) is 5.91 Å². The third kappa shape index (κ3) is 4.05. The van der Waals surface area contributed by atoms with Crippen LogP contribution in [-0.4, -0.2) is 13.0 Å². The molecule has 27 heavy (non-hydrogen) atoms. The lowest BCUT2D eigenvalue weighted by atomic mass is 10.0. The minimum atomic E-state index is -0.129. The van der Waals surface area contributed by atoms with Crippen LogP contribution in [0.5, 0.6) is 5.75 Å². The molecule has 0 aliphatic heterocycles. The smallest absolute Gasteiger partial charge is 0.244 e. The van der Waals surface area contributed by atoms with Gasteiger partial charge in [0.2, 0.25) is 5.91 Å². The molecular weight excluding hydrogens is 338 g/mol. The Morgan fingerprint density at radius 3 is 2.52 bits per heavy atom. The number of methoxy groups -OCH3 is 1. The van der Waals surface area contributed by atoms with Gasteiger partial charge >= 0.3 is 0 Å². The fourth-order valence-corrected chi connectivity index (χ4v) is 3.07. The molecule has 0 saturated carbocycles. The van der Waals surface area contributed by atoms with Crippen LogP contribution < -0.4 is 10.1 Å². The average Bonchev–Trinajstić information content (AvgIpc) is 2.93. The van der Waals surface area contributed by atoms with Gasteiger partial charge in [-0.3, -0.25) is 4.79 Å². The summed E-state index contributed by atoms with van der Waals surface area (Å²) in [4.78, 5) is 12.4. The van der Waals surface area contributed by atoms with E-state index in [4.69, 9.17) is 9.15 Å². The summed E-state index contributed by atoms with van der Waals surface area (Å²) in [5, 5.41) is 3.97. The van der Waals surface area contributed by atoms with E-state index in [1.54, 1.807) is 13.2 Å². The summed E-state index contributed by atoms with van der Waals surface area (Å²) in [6.07, 6.45) is 1.61. The standard InChI is InChI=1S/C23H25NO3/c1-14-6-8-18(9-7-14)13-24-23(25)10-15(2)19-11-20-16(3)17(4)27-22(20)12-21(19)26-5/h6-12H,13H2,1-5H3,(H,24,25)/b15-10+. The Balaban J connectivity index is 1.82. The van der Waals surface area contributed by atoms with Gasteiger partial charge in [-0.2, -0.15) is 0 Å². The van der Waals surface area contributed by atoms with Crippen LogP contribution in [0.4, 0.5) is 0 Å². The fraction of sp³-hybridized carbons (Fsp3) is 0.261. The van der Waals surface area contributed by atoms with Crippen molar-refractivity contribution in [3.8, 4) is 5.75 Å². The van der Waals surface area contributed by atoms with Crippen LogP contribution in [0.15, 0.2) is 46.9 Å². The highest BCUT2D eigenvalue weighted by molar-refractivity contribution is 5.97. The molecule has 4 heteroatoms. The van der Waals surface area contributed by atoms with Crippen LogP contribution >= 0.6 is 0 Å². The summed E-state index contributed by atoms with van der Waals surface area (Å²) >= 11 is 0. The maximum absolute atomic E-state index is 12.4. The molecule has 2 aromatic carbocycles. The van der Waals surface area contributed by atoms with E-state index >= 15 is 0 Å². The lowest BCUT2D eigenvalue weighted by Crippen LogP contribution is -2.20. The number of ether oxygens (including phenoxy) is 1. The number of amides is 1. The highest BCUT2D eigenvalue weighted by Crippen LogP contribution is 2.34. The molecule has 1 heterocycles. The van der Waals surface area contributed by atoms with Gasteiger partial charge in [-0.1, -0.05) is 29.8 Å². The van der Waals surface area contributed by atoms with Crippen LogP contribution in [0.1, 0.15) is 34.9 Å². The molecule has 0 unspecified atom stereocenters. The number of hydrogen-bond acceptors (Lipinski definition) is 3. The Labute approximate surface area is 159 Å². The number of hydrogen-bond donors (Lipinski definition) is 1. The van der Waals surface area contributed by atoms with Crippen LogP contribution in [0.25, 0.3) is 16.5 Å². The summed E-state index contributed by atoms with van der Waals surface area (Å²) < 4.78 is 11.3. The zero-order valence-corrected chi connectivity index (χ0v) is 16.5. The predicted octanol–water partition coefficient (Wildman–Crippen LogP) is 5.09. The molecule has 1 N–H and O–H groups in total. The zero-order valence-electron chi connectivity index (χ0n) is 16.5. The first-order chi connectivity index (χ1) is 12.9. The van der Waals surface area contributed by atoms with Gasteiger partial charge in [0.15, 0.2) is 0 Å². The number of allylic oxidation sites excluding steroid dienone is 1. The van der Waals surface area contributed by atoms with Gasteiger partial charge in [0.25, 0.3) is 0 Å². The summed E-state index contributed by atoms with van der Waals surface area (Å²) in [6, 6.07) is 12.0. The SMILES string of the molecule is COc1cc2oc(C)c(C)c2cc1/C(C)=C/C(=O)NCc1ccc(C)cc1. The summed E-state index contributed by atoms with van der Waals surface area (Å²) in [6.45, 7) is 8.44. The summed E-state index contributed by atoms with van der Waals surface area (Å²) in [5.41, 5.74) is 5.90. The number of fused-ring (bicyclic) bond motifs is 1. The first kappa shape index (κ1) is 18.8. The van der Waals surface area contributed by atoms with Crippen LogP contribution in [-0.2, 0) is 11.3 Å². The molecule has 0 spiro atoms. The molecule has 4 nitrogen and oxygen atoms in total. The number of nitrogens with one attached hydrogen (secondary N) is 1. The van der Waals surface area contributed by atoms with Gasteiger partial charge in [0, 0.05) is 29.6 Å². The average molecular weight is 363 g/mol. The highest BCUT2D eigenvalue weighted by Gasteiger charge is 2.14. The van der Waals surface area contributed by atoms with Crippen molar-refractivity contribution in [2.24, 2.45) is 0 Å². The molecule has 0 aliphatic carbocycles. The maximum atomic E-state index is 12.4. The largest absolute Gasteiger partial charge is 0.496 e. The van der Waals surface area contributed by atoms with Crippen LogP contribution in [0.3, 0.4) is 0 Å². The van der Waals surface area contributed by atoms with Gasteiger partial charge in [-0.15, -0.1) is 0 Å². The Morgan fingerprint density at radius 2 is 1.85 bits per heavy atom. The molecule has 0 fully saturated rings. The zero-order chi connectivity index (χ0) is 19.6. The molecule has 1 amide bonds. The minimum Gasteiger partial charge on any atom is -0.496 e. The van der Waals surface area contributed by atoms with Crippen molar-refractivity contribution in [3.05, 3.63) is 70.5 Å². The van der Waals surface area contributed by atoms with Crippen molar-refractivity contribution in [1.82, 2.24) is 5.32 Å². The number of rotatable bonds is 5. The Kier molecular flexibility index (Phi) is 5.36. The van der Waals surface area contributed by atoms with Gasteiger partial charge in [-0.25, -0.2) is 0 Å². The quantitative estimate of drug-likeness (QED) is 0.643. The number of carbonyl (C=O) groups excluding carboxylic acids is 1. The number of carbonyl (C=O) groups is 1. The normalized spacial score (nSPS) is 11.7. The van der Waals surface area contributed by atoms with Gasteiger partial charge < -0.3 is 14.5 Å². The molecule has 3 rings (SSSR count). The molecule has 140 valence electrons. The fourth-order valence-electron chi connectivity index (χ4n) is 3.07. The van der Waals surface area contributed by atoms with Crippen LogP contribution in [0.2, 0.25) is 0 Å². The van der Waals surface area contributed by atoms with Gasteiger partial charge in [0.1, 0.15) is 17.1 Å². The third-order valence-corrected chi connectivity index (χ3v) is 4.86. The van der Waals surface area contributed by atoms with Crippen molar-refractivity contribution < 1.29 is 13.9 Å². The van der Waals surface area contributed by atoms with E-state index in [2.05, 4.69) is 5.32 Å². The molecule has 1 aromatic heterocycles. The second kappa shape index (κ2) is 7.70. The summed E-state index contributed by atoms with van der Waals surface area (Å²) in [5.74, 6) is 1.45. The van der Waals surface area contributed by atoms with E-state index in [9.17, 15) is 4.79 Å². The highest BCUT2D eigenvalue weighted by atomic mass is 16.5. The maximum Gasteiger partial charge on any atom is 0.244 e. The molecule has 0 bridgehead atoms. The van der Waals surface area contributed by atoms with Crippen molar-refractivity contribution in [1.29, 1.82) is 0 Å². The van der Waals surface area contributed by atoms with E-state index < -0.39 is 0 Å². The first-order valence-corrected chi connectivity index (χ1v) is 8.99. The van der Waals surface area contributed by atoms with E-state index in [1.165, 1.54) is 5.56 Å². The van der Waals surface area contributed by atoms with Gasteiger partial charge in [0.05, 0.1) is 7.11 Å². The number of benzene rings is 2. The molecule has 0 atom stereocenters. The van der Waals surface area contributed by atoms with Crippen molar-refractivity contribution >= 4 is 22.4 Å². The predicted molar refractivity (Wildman–Crippen MR) is 109 cm³/mol. The lowest BCUT2D eigenvalue weighted by Gasteiger charge is -2.10. The third-order valence-electron chi connectivity index (χ3n) is 4.86. The second-order valence-corrected chi connectivity index (χ2v) is 6.86.